The quantitative estimate of drug-likeness (QED) is 0.774. The van der Waals surface area contributed by atoms with E-state index >= 15 is 0 Å². The van der Waals surface area contributed by atoms with Crippen molar-refractivity contribution in [2.24, 2.45) is 0 Å². The Morgan fingerprint density at radius 2 is 2.09 bits per heavy atom. The van der Waals surface area contributed by atoms with Gasteiger partial charge in [-0.3, -0.25) is 10.1 Å². The number of aryl methyl sites for hydroxylation is 3. The van der Waals surface area contributed by atoms with Crippen molar-refractivity contribution in [3.05, 3.63) is 45.3 Å². The Balaban J connectivity index is 1.79. The van der Waals surface area contributed by atoms with E-state index in [2.05, 4.69) is 45.9 Å². The molecule has 0 spiro atoms. The molecule has 0 aliphatic rings. The van der Waals surface area contributed by atoms with Gasteiger partial charge in [-0.2, -0.15) is 0 Å². The van der Waals surface area contributed by atoms with Crippen molar-refractivity contribution in [3.8, 4) is 11.3 Å². The van der Waals surface area contributed by atoms with Gasteiger partial charge in [-0.15, -0.1) is 16.4 Å². The number of anilines is 1. The monoisotopic (exact) mass is 344 g/mol. The average Bonchev–Trinajstić information content (AvgIpc) is 3.18. The summed E-state index contributed by atoms with van der Waals surface area (Å²) in [5.74, 6) is -0.196. The summed E-state index contributed by atoms with van der Waals surface area (Å²) in [5.41, 5.74) is 5.12. The molecule has 1 N–H and O–H groups in total. The minimum Gasteiger partial charge on any atom is -0.297 e. The number of amides is 1. The molecule has 118 valence electrons. The van der Waals surface area contributed by atoms with Crippen molar-refractivity contribution in [1.82, 2.24) is 14.6 Å². The molecule has 0 aliphatic heterocycles. The highest BCUT2D eigenvalue weighted by Gasteiger charge is 2.16. The molecule has 0 saturated heterocycles. The zero-order valence-corrected chi connectivity index (χ0v) is 14.7. The minimum atomic E-state index is -0.196. The van der Waals surface area contributed by atoms with E-state index in [1.807, 2.05) is 18.4 Å². The minimum absolute atomic E-state index is 0.196. The van der Waals surface area contributed by atoms with E-state index in [0.717, 1.165) is 28.5 Å². The van der Waals surface area contributed by atoms with E-state index in [9.17, 15) is 4.79 Å². The first kappa shape index (κ1) is 15.8. The molecular formula is C16H16N4OS2. The molecule has 0 unspecified atom stereocenters. The molecule has 1 aromatic carbocycles. The average molecular weight is 344 g/mol. The Morgan fingerprint density at radius 1 is 1.26 bits per heavy atom. The van der Waals surface area contributed by atoms with Gasteiger partial charge in [-0.05, 0) is 49.0 Å². The van der Waals surface area contributed by atoms with Gasteiger partial charge in [-0.1, -0.05) is 23.5 Å². The van der Waals surface area contributed by atoms with Gasteiger partial charge in [0, 0.05) is 10.9 Å². The number of benzene rings is 1. The lowest BCUT2D eigenvalue weighted by Crippen LogP contribution is -2.12. The topological polar surface area (TPSA) is 67.8 Å². The highest BCUT2D eigenvalue weighted by molar-refractivity contribution is 7.14. The van der Waals surface area contributed by atoms with Crippen LogP contribution in [0.5, 0.6) is 0 Å². The molecule has 3 rings (SSSR count). The molecule has 1 amide bonds. The van der Waals surface area contributed by atoms with Crippen molar-refractivity contribution in [1.29, 1.82) is 0 Å². The summed E-state index contributed by atoms with van der Waals surface area (Å²) in [6, 6.07) is 6.24. The van der Waals surface area contributed by atoms with Crippen molar-refractivity contribution in [3.63, 3.8) is 0 Å². The SMILES string of the molecule is CCc1nnsc1C(=O)Nc1nc(-c2ccc(C)c(C)c2)cs1. The maximum atomic E-state index is 12.3. The maximum absolute atomic E-state index is 12.3. The normalized spacial score (nSPS) is 10.7. The number of carbonyl (C=O) groups excluding carboxylic acids is 1. The van der Waals surface area contributed by atoms with Crippen LogP contribution in [0.15, 0.2) is 23.6 Å². The molecule has 0 bridgehead atoms. The number of carbonyl (C=O) groups is 1. The largest absolute Gasteiger partial charge is 0.297 e. The molecule has 0 atom stereocenters. The van der Waals surface area contributed by atoms with Gasteiger partial charge in [0.15, 0.2) is 5.13 Å². The second-order valence-corrected chi connectivity index (χ2v) is 6.81. The van der Waals surface area contributed by atoms with Gasteiger partial charge >= 0.3 is 0 Å². The van der Waals surface area contributed by atoms with E-state index < -0.39 is 0 Å². The summed E-state index contributed by atoms with van der Waals surface area (Å²) in [6.07, 6.45) is 0.686. The van der Waals surface area contributed by atoms with E-state index in [1.165, 1.54) is 22.5 Å². The third-order valence-electron chi connectivity index (χ3n) is 3.62. The van der Waals surface area contributed by atoms with Crippen LogP contribution in [0.25, 0.3) is 11.3 Å². The third-order valence-corrected chi connectivity index (χ3v) is 5.15. The summed E-state index contributed by atoms with van der Waals surface area (Å²) in [4.78, 5) is 17.3. The van der Waals surface area contributed by atoms with E-state index in [-0.39, 0.29) is 5.91 Å². The number of nitrogens with one attached hydrogen (secondary N) is 1. The van der Waals surface area contributed by atoms with Gasteiger partial charge in [0.1, 0.15) is 4.88 Å². The fourth-order valence-corrected chi connectivity index (χ4v) is 3.49. The lowest BCUT2D eigenvalue weighted by Gasteiger charge is -2.02. The first-order valence-electron chi connectivity index (χ1n) is 7.24. The van der Waals surface area contributed by atoms with Crippen LogP contribution in [0.1, 0.15) is 33.4 Å². The molecule has 23 heavy (non-hydrogen) atoms. The van der Waals surface area contributed by atoms with Crippen LogP contribution in [-0.4, -0.2) is 20.5 Å². The lowest BCUT2D eigenvalue weighted by molar-refractivity contribution is 0.102. The molecule has 0 radical (unpaired) electrons. The van der Waals surface area contributed by atoms with E-state index in [4.69, 9.17) is 0 Å². The molecule has 7 heteroatoms. The van der Waals surface area contributed by atoms with Gasteiger partial charge in [0.25, 0.3) is 5.91 Å². The van der Waals surface area contributed by atoms with Gasteiger partial charge in [-0.25, -0.2) is 4.98 Å². The van der Waals surface area contributed by atoms with E-state index in [0.29, 0.717) is 16.4 Å². The number of aromatic nitrogens is 3. The number of thiazole rings is 1. The van der Waals surface area contributed by atoms with Crippen LogP contribution in [-0.2, 0) is 6.42 Å². The molecule has 0 fully saturated rings. The summed E-state index contributed by atoms with van der Waals surface area (Å²) >= 11 is 2.53. The summed E-state index contributed by atoms with van der Waals surface area (Å²) in [7, 11) is 0. The molecule has 2 aromatic heterocycles. The Bertz CT molecular complexity index is 853. The standard InChI is InChI=1S/C16H16N4OS2/c1-4-12-14(23-20-19-12)15(21)18-16-17-13(8-22-16)11-6-5-9(2)10(3)7-11/h5-8H,4H2,1-3H3,(H,17,18,21). The van der Waals surface area contributed by atoms with Gasteiger partial charge < -0.3 is 0 Å². The molecular weight excluding hydrogens is 328 g/mol. The number of rotatable bonds is 4. The molecule has 3 aromatic rings. The van der Waals surface area contributed by atoms with Crippen LogP contribution < -0.4 is 5.32 Å². The fraction of sp³-hybridized carbons (Fsp3) is 0.250. The van der Waals surface area contributed by atoms with Crippen LogP contribution in [0.2, 0.25) is 0 Å². The van der Waals surface area contributed by atoms with Gasteiger partial charge in [0.05, 0.1) is 11.4 Å². The molecule has 2 heterocycles. The number of nitrogens with zero attached hydrogens (tertiary/aromatic N) is 3. The molecule has 0 aliphatic carbocycles. The Kier molecular flexibility index (Phi) is 4.49. The smallest absolute Gasteiger partial charge is 0.271 e. The first-order chi connectivity index (χ1) is 11.1. The van der Waals surface area contributed by atoms with Crippen molar-refractivity contribution >= 4 is 33.9 Å². The number of hydrogen-bond acceptors (Lipinski definition) is 6. The second-order valence-electron chi connectivity index (χ2n) is 5.19. The molecule has 5 nitrogen and oxygen atoms in total. The van der Waals surface area contributed by atoms with Crippen molar-refractivity contribution in [2.75, 3.05) is 5.32 Å². The van der Waals surface area contributed by atoms with Crippen LogP contribution in [0.3, 0.4) is 0 Å². The van der Waals surface area contributed by atoms with E-state index in [1.54, 1.807) is 0 Å². The zero-order chi connectivity index (χ0) is 16.4. The Hall–Kier alpha value is -2.12. The molecule has 0 saturated carbocycles. The zero-order valence-electron chi connectivity index (χ0n) is 13.1. The second kappa shape index (κ2) is 6.55. The first-order valence-corrected chi connectivity index (χ1v) is 8.89. The predicted octanol–water partition coefficient (Wildman–Crippen LogP) is 4.09. The Labute approximate surface area is 142 Å². The summed E-state index contributed by atoms with van der Waals surface area (Å²) in [5, 5.41) is 9.32. The Morgan fingerprint density at radius 3 is 2.83 bits per heavy atom. The van der Waals surface area contributed by atoms with Gasteiger partial charge in [0.2, 0.25) is 0 Å². The van der Waals surface area contributed by atoms with Crippen LogP contribution in [0, 0.1) is 13.8 Å². The van der Waals surface area contributed by atoms with Crippen molar-refractivity contribution < 1.29 is 4.79 Å². The lowest BCUT2D eigenvalue weighted by atomic mass is 10.1. The van der Waals surface area contributed by atoms with Crippen molar-refractivity contribution in [2.45, 2.75) is 27.2 Å². The van der Waals surface area contributed by atoms with Crippen LogP contribution >= 0.6 is 22.9 Å². The third kappa shape index (κ3) is 3.30. The number of hydrogen-bond donors (Lipinski definition) is 1. The fourth-order valence-electron chi connectivity index (χ4n) is 2.13. The summed E-state index contributed by atoms with van der Waals surface area (Å²) < 4.78 is 3.84. The summed E-state index contributed by atoms with van der Waals surface area (Å²) in [6.45, 7) is 6.12. The van der Waals surface area contributed by atoms with Crippen LogP contribution in [0.4, 0.5) is 5.13 Å². The maximum Gasteiger partial charge on any atom is 0.271 e. The highest BCUT2D eigenvalue weighted by Crippen LogP contribution is 2.27. The highest BCUT2D eigenvalue weighted by atomic mass is 32.1. The predicted molar refractivity (Wildman–Crippen MR) is 94.3 cm³/mol.